The Morgan fingerprint density at radius 1 is 1.83 bits per heavy atom. The summed E-state index contributed by atoms with van der Waals surface area (Å²) in [6.07, 6.45) is 0.416. The van der Waals surface area contributed by atoms with Gasteiger partial charge in [0.05, 0.1) is 0 Å². The van der Waals surface area contributed by atoms with Crippen LogP contribution < -0.4 is 5.73 Å². The summed E-state index contributed by atoms with van der Waals surface area (Å²) < 4.78 is 0. The molecule has 0 aliphatic carbocycles. The lowest BCUT2D eigenvalue weighted by molar-refractivity contribution is -0.138. The number of aryl methyl sites for hydroxylation is 1. The van der Waals surface area contributed by atoms with Gasteiger partial charge >= 0.3 is 5.97 Å². The molecule has 3 N–H and O–H groups in total. The molecule has 66 valence electrons. The first-order chi connectivity index (χ1) is 5.59. The van der Waals surface area contributed by atoms with Gasteiger partial charge in [0.1, 0.15) is 6.04 Å². The summed E-state index contributed by atoms with van der Waals surface area (Å²) in [6.45, 7) is 1.99. The third kappa shape index (κ3) is 2.32. The van der Waals surface area contributed by atoms with Gasteiger partial charge in [-0.1, -0.05) is 0 Å². The van der Waals surface area contributed by atoms with Crippen molar-refractivity contribution >= 4 is 17.3 Å². The van der Waals surface area contributed by atoms with E-state index in [2.05, 4.69) is 0 Å². The average Bonchev–Trinajstić information content (AvgIpc) is 2.35. The highest BCUT2D eigenvalue weighted by atomic mass is 32.1. The first kappa shape index (κ1) is 9.22. The summed E-state index contributed by atoms with van der Waals surface area (Å²) in [4.78, 5) is 11.6. The van der Waals surface area contributed by atoms with E-state index in [4.69, 9.17) is 10.8 Å². The molecule has 0 aliphatic heterocycles. The standard InChI is InChI=1S/C8H11NO2S/c1-5-2-6(4-12-5)3-7(9)8(10)11/h2,4,7H,3,9H2,1H3,(H,10,11). The lowest BCUT2D eigenvalue weighted by Crippen LogP contribution is -2.32. The van der Waals surface area contributed by atoms with Gasteiger partial charge in [-0.15, -0.1) is 11.3 Å². The van der Waals surface area contributed by atoms with Crippen molar-refractivity contribution in [1.82, 2.24) is 0 Å². The maximum atomic E-state index is 10.4. The van der Waals surface area contributed by atoms with Gasteiger partial charge in [0.2, 0.25) is 0 Å². The molecule has 1 rings (SSSR count). The average molecular weight is 185 g/mol. The minimum Gasteiger partial charge on any atom is -0.480 e. The number of carboxylic acid groups (broad SMARTS) is 1. The van der Waals surface area contributed by atoms with Crippen molar-refractivity contribution in [2.45, 2.75) is 19.4 Å². The lowest BCUT2D eigenvalue weighted by Gasteiger charge is -2.02. The molecular formula is C8H11NO2S. The summed E-state index contributed by atoms with van der Waals surface area (Å²) in [5, 5.41) is 10.5. The maximum Gasteiger partial charge on any atom is 0.320 e. The highest BCUT2D eigenvalue weighted by Gasteiger charge is 2.12. The predicted molar refractivity (Wildman–Crippen MR) is 48.4 cm³/mol. The van der Waals surface area contributed by atoms with Gasteiger partial charge in [-0.3, -0.25) is 4.79 Å². The van der Waals surface area contributed by atoms with Crippen molar-refractivity contribution in [2.24, 2.45) is 5.73 Å². The van der Waals surface area contributed by atoms with Gasteiger partial charge < -0.3 is 10.8 Å². The van der Waals surface area contributed by atoms with E-state index < -0.39 is 12.0 Å². The molecule has 0 amide bonds. The number of hydrogen-bond acceptors (Lipinski definition) is 3. The predicted octanol–water partition coefficient (Wildman–Crippen LogP) is 1.01. The Labute approximate surface area is 74.8 Å². The van der Waals surface area contributed by atoms with E-state index in [9.17, 15) is 4.79 Å². The number of nitrogens with two attached hydrogens (primary N) is 1. The van der Waals surface area contributed by atoms with Crippen molar-refractivity contribution in [3.05, 3.63) is 21.9 Å². The van der Waals surface area contributed by atoms with E-state index in [1.54, 1.807) is 11.3 Å². The Hall–Kier alpha value is -0.870. The Morgan fingerprint density at radius 2 is 2.50 bits per heavy atom. The van der Waals surface area contributed by atoms with E-state index in [0.29, 0.717) is 6.42 Å². The minimum absolute atomic E-state index is 0.416. The van der Waals surface area contributed by atoms with Crippen LogP contribution in [0.2, 0.25) is 0 Å². The SMILES string of the molecule is Cc1cc(CC(N)C(=O)O)cs1. The van der Waals surface area contributed by atoms with Crippen LogP contribution in [0.1, 0.15) is 10.4 Å². The van der Waals surface area contributed by atoms with Gasteiger partial charge in [-0.25, -0.2) is 0 Å². The van der Waals surface area contributed by atoms with Crippen LogP contribution in [0.15, 0.2) is 11.4 Å². The van der Waals surface area contributed by atoms with Crippen molar-refractivity contribution in [2.75, 3.05) is 0 Å². The molecule has 0 bridgehead atoms. The van der Waals surface area contributed by atoms with Crippen molar-refractivity contribution in [3.8, 4) is 0 Å². The molecule has 1 unspecified atom stereocenters. The molecule has 0 saturated heterocycles. The highest BCUT2D eigenvalue weighted by molar-refractivity contribution is 7.10. The van der Waals surface area contributed by atoms with Crippen LogP contribution in [0.3, 0.4) is 0 Å². The molecule has 0 saturated carbocycles. The quantitative estimate of drug-likeness (QED) is 0.738. The zero-order valence-corrected chi connectivity index (χ0v) is 7.60. The molecule has 0 spiro atoms. The maximum absolute atomic E-state index is 10.4. The van der Waals surface area contributed by atoms with Crippen LogP contribution in [0.4, 0.5) is 0 Å². The molecule has 1 aromatic heterocycles. The van der Waals surface area contributed by atoms with Gasteiger partial charge in [0, 0.05) is 4.88 Å². The van der Waals surface area contributed by atoms with E-state index >= 15 is 0 Å². The molecule has 0 aromatic carbocycles. The zero-order valence-electron chi connectivity index (χ0n) is 6.78. The Balaban J connectivity index is 2.58. The molecule has 0 aliphatic rings. The number of thiophene rings is 1. The highest BCUT2D eigenvalue weighted by Crippen LogP contribution is 2.14. The van der Waals surface area contributed by atoms with Crippen LogP contribution in [0.5, 0.6) is 0 Å². The molecule has 4 heteroatoms. The van der Waals surface area contributed by atoms with Gasteiger partial charge in [0.15, 0.2) is 0 Å². The van der Waals surface area contributed by atoms with Crippen LogP contribution in [-0.4, -0.2) is 17.1 Å². The summed E-state index contributed by atoms with van der Waals surface area (Å²) in [7, 11) is 0. The molecule has 1 aromatic rings. The van der Waals surface area contributed by atoms with E-state index in [1.807, 2.05) is 18.4 Å². The van der Waals surface area contributed by atoms with Gasteiger partial charge in [-0.05, 0) is 30.4 Å². The van der Waals surface area contributed by atoms with Crippen LogP contribution in [-0.2, 0) is 11.2 Å². The third-order valence-corrected chi connectivity index (χ3v) is 2.47. The fourth-order valence-corrected chi connectivity index (χ4v) is 1.67. The monoisotopic (exact) mass is 185 g/mol. The molecule has 1 heterocycles. The molecular weight excluding hydrogens is 174 g/mol. The first-order valence-corrected chi connectivity index (χ1v) is 4.50. The lowest BCUT2D eigenvalue weighted by atomic mass is 10.1. The fraction of sp³-hybridized carbons (Fsp3) is 0.375. The minimum atomic E-state index is -0.946. The van der Waals surface area contributed by atoms with Crippen molar-refractivity contribution in [3.63, 3.8) is 0 Å². The first-order valence-electron chi connectivity index (χ1n) is 3.62. The Morgan fingerprint density at radius 3 is 2.92 bits per heavy atom. The Bertz CT molecular complexity index is 282. The smallest absolute Gasteiger partial charge is 0.320 e. The van der Waals surface area contributed by atoms with E-state index in [1.165, 1.54) is 4.88 Å². The fourth-order valence-electron chi connectivity index (χ4n) is 0.946. The van der Waals surface area contributed by atoms with Crippen LogP contribution >= 0.6 is 11.3 Å². The summed E-state index contributed by atoms with van der Waals surface area (Å²) >= 11 is 1.61. The van der Waals surface area contributed by atoms with Gasteiger partial charge in [0.25, 0.3) is 0 Å². The van der Waals surface area contributed by atoms with Crippen molar-refractivity contribution in [1.29, 1.82) is 0 Å². The van der Waals surface area contributed by atoms with Crippen LogP contribution in [0, 0.1) is 6.92 Å². The summed E-state index contributed by atoms with van der Waals surface area (Å²) in [5.74, 6) is -0.946. The largest absolute Gasteiger partial charge is 0.480 e. The topological polar surface area (TPSA) is 63.3 Å². The zero-order chi connectivity index (χ0) is 9.14. The molecule has 12 heavy (non-hydrogen) atoms. The summed E-state index contributed by atoms with van der Waals surface area (Å²) in [6, 6.07) is 1.19. The number of hydrogen-bond donors (Lipinski definition) is 2. The second kappa shape index (κ2) is 3.69. The number of aliphatic carboxylic acids is 1. The van der Waals surface area contributed by atoms with E-state index in [-0.39, 0.29) is 0 Å². The second-order valence-electron chi connectivity index (χ2n) is 2.71. The van der Waals surface area contributed by atoms with Gasteiger partial charge in [-0.2, -0.15) is 0 Å². The van der Waals surface area contributed by atoms with Crippen LogP contribution in [0.25, 0.3) is 0 Å². The summed E-state index contributed by atoms with van der Waals surface area (Å²) in [5.41, 5.74) is 6.37. The number of rotatable bonds is 3. The molecule has 1 atom stereocenters. The normalized spacial score (nSPS) is 12.8. The second-order valence-corrected chi connectivity index (χ2v) is 3.83. The third-order valence-electron chi connectivity index (χ3n) is 1.56. The Kier molecular flexibility index (Phi) is 2.83. The molecule has 0 radical (unpaired) electrons. The number of carbonyl (C=O) groups is 1. The molecule has 0 fully saturated rings. The molecule has 3 nitrogen and oxygen atoms in total. The number of carboxylic acids is 1. The van der Waals surface area contributed by atoms with E-state index in [0.717, 1.165) is 5.56 Å². The van der Waals surface area contributed by atoms with Crippen molar-refractivity contribution < 1.29 is 9.90 Å².